The van der Waals surface area contributed by atoms with E-state index in [2.05, 4.69) is 29.6 Å². The van der Waals surface area contributed by atoms with Crippen LogP contribution in [0.1, 0.15) is 12.0 Å². The Labute approximate surface area is 175 Å². The third-order valence-corrected chi connectivity index (χ3v) is 6.50. The lowest BCUT2D eigenvalue weighted by atomic mass is 10.2. The van der Waals surface area contributed by atoms with Crippen LogP contribution >= 0.6 is 11.8 Å². The van der Waals surface area contributed by atoms with Crippen molar-refractivity contribution in [1.82, 2.24) is 5.32 Å². The number of carbonyl (C=O) groups excluding carboxylic acids is 1. The summed E-state index contributed by atoms with van der Waals surface area (Å²) in [5.41, 5.74) is 1.58. The summed E-state index contributed by atoms with van der Waals surface area (Å²) >= 11 is 1.72. The molecule has 0 fully saturated rings. The number of anilines is 1. The Morgan fingerprint density at radius 3 is 2.59 bits per heavy atom. The van der Waals surface area contributed by atoms with E-state index in [9.17, 15) is 13.2 Å². The first-order chi connectivity index (χ1) is 13.8. The summed E-state index contributed by atoms with van der Waals surface area (Å²) in [6, 6.07) is 13.1. The summed E-state index contributed by atoms with van der Waals surface area (Å²) in [5.74, 6) is 1.53. The number of thioether (sulfide) groups is 1. The number of rotatable bonds is 9. The van der Waals surface area contributed by atoms with Crippen molar-refractivity contribution in [2.45, 2.75) is 18.2 Å². The largest absolute Gasteiger partial charge is 0.454 e. The van der Waals surface area contributed by atoms with Crippen LogP contribution in [0.5, 0.6) is 11.5 Å². The van der Waals surface area contributed by atoms with Crippen LogP contribution in [0.25, 0.3) is 0 Å². The van der Waals surface area contributed by atoms with Gasteiger partial charge in [-0.25, -0.2) is 8.42 Å². The SMILES string of the molecule is Cc1ccc(SCCCNC(=O)CN(c2ccc3c(c2)OCO3)S(C)(=O)=O)cc1. The van der Waals surface area contributed by atoms with Gasteiger partial charge in [-0.1, -0.05) is 17.7 Å². The van der Waals surface area contributed by atoms with Gasteiger partial charge in [0.1, 0.15) is 6.54 Å². The number of hydrogen-bond acceptors (Lipinski definition) is 6. The maximum Gasteiger partial charge on any atom is 0.240 e. The highest BCUT2D eigenvalue weighted by Gasteiger charge is 2.23. The van der Waals surface area contributed by atoms with Gasteiger partial charge in [-0.2, -0.15) is 0 Å². The minimum atomic E-state index is -3.63. The molecule has 0 unspecified atom stereocenters. The molecule has 2 aromatic carbocycles. The summed E-state index contributed by atoms with van der Waals surface area (Å²) in [4.78, 5) is 13.5. The molecule has 3 rings (SSSR count). The third-order valence-electron chi connectivity index (χ3n) is 4.26. The quantitative estimate of drug-likeness (QED) is 0.481. The molecule has 7 nitrogen and oxygen atoms in total. The number of nitrogens with one attached hydrogen (secondary N) is 1. The number of amides is 1. The smallest absolute Gasteiger partial charge is 0.240 e. The Hall–Kier alpha value is -2.39. The molecule has 0 atom stereocenters. The highest BCUT2D eigenvalue weighted by atomic mass is 32.2. The first kappa shape index (κ1) is 21.3. The number of nitrogens with zero attached hydrogens (tertiary/aromatic N) is 1. The van der Waals surface area contributed by atoms with Gasteiger partial charge >= 0.3 is 0 Å². The Morgan fingerprint density at radius 1 is 1.14 bits per heavy atom. The first-order valence-electron chi connectivity index (χ1n) is 9.16. The van der Waals surface area contributed by atoms with E-state index in [-0.39, 0.29) is 19.2 Å². The van der Waals surface area contributed by atoms with E-state index in [1.807, 2.05) is 6.92 Å². The van der Waals surface area contributed by atoms with Crippen LogP contribution in [0.4, 0.5) is 5.69 Å². The zero-order chi connectivity index (χ0) is 20.9. The predicted octanol–water partition coefficient (Wildman–Crippen LogP) is 2.79. The van der Waals surface area contributed by atoms with Gasteiger partial charge < -0.3 is 14.8 Å². The number of hydrogen-bond donors (Lipinski definition) is 1. The van der Waals surface area contributed by atoms with Gasteiger partial charge in [0.05, 0.1) is 11.9 Å². The average Bonchev–Trinajstić information content (AvgIpc) is 3.14. The molecule has 1 amide bonds. The standard InChI is InChI=1S/C20H24N2O5S2/c1-15-4-7-17(8-5-15)28-11-3-10-21-20(23)13-22(29(2,24)25)16-6-9-18-19(12-16)27-14-26-18/h4-9,12H,3,10-11,13-14H2,1-2H3,(H,21,23). The summed E-state index contributed by atoms with van der Waals surface area (Å²) in [6.07, 6.45) is 1.86. The summed E-state index contributed by atoms with van der Waals surface area (Å²) in [7, 11) is -3.63. The predicted molar refractivity (Wildman–Crippen MR) is 114 cm³/mol. The Kier molecular flexibility index (Phi) is 6.92. The van der Waals surface area contributed by atoms with E-state index in [4.69, 9.17) is 9.47 Å². The molecular formula is C20H24N2O5S2. The summed E-state index contributed by atoms with van der Waals surface area (Å²) < 4.78 is 36.0. The molecule has 0 bridgehead atoms. The van der Waals surface area contributed by atoms with Crippen LogP contribution in [0, 0.1) is 6.92 Å². The molecule has 9 heteroatoms. The van der Waals surface area contributed by atoms with Crippen LogP contribution in [0.15, 0.2) is 47.4 Å². The van der Waals surface area contributed by atoms with Gasteiger partial charge in [-0.3, -0.25) is 9.10 Å². The molecule has 0 saturated carbocycles. The number of carbonyl (C=O) groups is 1. The van der Waals surface area contributed by atoms with Crippen molar-refractivity contribution >= 4 is 33.4 Å². The van der Waals surface area contributed by atoms with Gasteiger partial charge in [0.25, 0.3) is 0 Å². The van der Waals surface area contributed by atoms with Crippen LogP contribution in [0.2, 0.25) is 0 Å². The van der Waals surface area contributed by atoms with Crippen LogP contribution in [0.3, 0.4) is 0 Å². The highest BCUT2D eigenvalue weighted by Crippen LogP contribution is 2.36. The van der Waals surface area contributed by atoms with E-state index in [1.54, 1.807) is 30.0 Å². The maximum atomic E-state index is 12.3. The number of sulfonamides is 1. The Morgan fingerprint density at radius 2 is 1.86 bits per heavy atom. The molecule has 0 spiro atoms. The van der Waals surface area contributed by atoms with Crippen molar-refractivity contribution in [2.75, 3.05) is 36.2 Å². The molecule has 29 heavy (non-hydrogen) atoms. The molecule has 0 radical (unpaired) electrons. The van der Waals surface area contributed by atoms with Gasteiger partial charge in [-0.15, -0.1) is 11.8 Å². The van der Waals surface area contributed by atoms with E-state index >= 15 is 0 Å². The highest BCUT2D eigenvalue weighted by molar-refractivity contribution is 7.99. The van der Waals surface area contributed by atoms with Gasteiger partial charge in [0, 0.05) is 17.5 Å². The minimum Gasteiger partial charge on any atom is -0.454 e. The van der Waals surface area contributed by atoms with E-state index in [1.165, 1.54) is 10.5 Å². The first-order valence-corrected chi connectivity index (χ1v) is 12.0. The monoisotopic (exact) mass is 436 g/mol. The fraction of sp³-hybridized carbons (Fsp3) is 0.350. The van der Waals surface area contributed by atoms with Crippen molar-refractivity contribution in [3.05, 3.63) is 48.0 Å². The zero-order valence-corrected chi connectivity index (χ0v) is 18.0. The lowest BCUT2D eigenvalue weighted by Gasteiger charge is -2.22. The molecule has 2 aromatic rings. The maximum absolute atomic E-state index is 12.3. The second-order valence-corrected chi connectivity index (χ2v) is 9.75. The zero-order valence-electron chi connectivity index (χ0n) is 16.4. The molecule has 1 aliphatic rings. The average molecular weight is 437 g/mol. The minimum absolute atomic E-state index is 0.0960. The molecule has 0 aliphatic carbocycles. The molecule has 1 heterocycles. The van der Waals surface area contributed by atoms with Gasteiger partial charge in [-0.05, 0) is 43.4 Å². The van der Waals surface area contributed by atoms with Crippen molar-refractivity contribution in [3.8, 4) is 11.5 Å². The third kappa shape index (κ3) is 6.04. The number of fused-ring (bicyclic) bond motifs is 1. The molecule has 0 saturated heterocycles. The van der Waals surface area contributed by atoms with Crippen LogP contribution < -0.4 is 19.1 Å². The van der Waals surface area contributed by atoms with E-state index < -0.39 is 10.0 Å². The van der Waals surface area contributed by atoms with Crippen molar-refractivity contribution in [3.63, 3.8) is 0 Å². The topological polar surface area (TPSA) is 84.9 Å². The van der Waals surface area contributed by atoms with E-state index in [0.29, 0.717) is 23.7 Å². The van der Waals surface area contributed by atoms with Crippen LogP contribution in [-0.4, -0.2) is 46.2 Å². The van der Waals surface area contributed by atoms with Crippen molar-refractivity contribution < 1.29 is 22.7 Å². The summed E-state index contributed by atoms with van der Waals surface area (Å²) in [6.45, 7) is 2.34. The van der Waals surface area contributed by atoms with Crippen LogP contribution in [-0.2, 0) is 14.8 Å². The number of aryl methyl sites for hydroxylation is 1. The van der Waals surface area contributed by atoms with Crippen molar-refractivity contribution in [2.24, 2.45) is 0 Å². The Bertz CT molecular complexity index is 961. The fourth-order valence-electron chi connectivity index (χ4n) is 2.75. The molecular weight excluding hydrogens is 412 g/mol. The normalized spacial score (nSPS) is 12.6. The lowest BCUT2D eigenvalue weighted by Crippen LogP contribution is -2.40. The van der Waals surface area contributed by atoms with Gasteiger partial charge in [0.15, 0.2) is 11.5 Å². The second kappa shape index (κ2) is 9.41. The molecule has 0 aromatic heterocycles. The second-order valence-electron chi connectivity index (χ2n) is 6.67. The lowest BCUT2D eigenvalue weighted by molar-refractivity contribution is -0.119. The summed E-state index contributed by atoms with van der Waals surface area (Å²) in [5, 5.41) is 2.79. The van der Waals surface area contributed by atoms with E-state index in [0.717, 1.165) is 22.7 Å². The Balaban J connectivity index is 1.49. The van der Waals surface area contributed by atoms with Gasteiger partial charge in [0.2, 0.25) is 22.7 Å². The fourth-order valence-corrected chi connectivity index (χ4v) is 4.45. The number of benzene rings is 2. The molecule has 156 valence electrons. The van der Waals surface area contributed by atoms with Crippen molar-refractivity contribution in [1.29, 1.82) is 0 Å². The number of ether oxygens (including phenoxy) is 2. The molecule has 1 aliphatic heterocycles. The molecule has 1 N–H and O–H groups in total.